The van der Waals surface area contributed by atoms with Crippen molar-refractivity contribution in [3.8, 4) is 0 Å². The maximum Gasteiger partial charge on any atom is 0.322 e. The Morgan fingerprint density at radius 3 is 2.10 bits per heavy atom. The molecular weight excluding hydrogens is 550 g/mol. The van der Waals surface area contributed by atoms with Gasteiger partial charge in [0.1, 0.15) is 24.7 Å². The maximum atomic E-state index is 13.1. The number of hydrogen-bond acceptors (Lipinski definition) is 8. The summed E-state index contributed by atoms with van der Waals surface area (Å²) in [4.78, 5) is 78.5. The van der Waals surface area contributed by atoms with E-state index < -0.39 is 66.7 Å². The lowest BCUT2D eigenvalue weighted by atomic mass is 10.0. The van der Waals surface area contributed by atoms with Gasteiger partial charge in [0.05, 0.1) is 12.6 Å². The molecular formula is C26H47N9O7. The van der Waals surface area contributed by atoms with Gasteiger partial charge in [-0.25, -0.2) is 0 Å². The third-order valence-electron chi connectivity index (χ3n) is 6.40. The van der Waals surface area contributed by atoms with Gasteiger partial charge < -0.3 is 48.5 Å². The maximum absolute atomic E-state index is 13.1. The lowest BCUT2D eigenvalue weighted by Crippen LogP contribution is -2.57. The molecule has 0 bridgehead atoms. The van der Waals surface area contributed by atoms with E-state index in [-0.39, 0.29) is 36.8 Å². The molecule has 0 spiro atoms. The van der Waals surface area contributed by atoms with E-state index in [0.29, 0.717) is 19.3 Å². The molecule has 1 heterocycles. The number of carboxylic acids is 1. The van der Waals surface area contributed by atoms with Crippen molar-refractivity contribution in [2.45, 2.75) is 84.0 Å². The molecule has 1 aliphatic heterocycles. The fourth-order valence-corrected chi connectivity index (χ4v) is 4.25. The largest absolute Gasteiger partial charge is 0.480 e. The molecule has 11 N–H and O–H groups in total. The second-order valence-electron chi connectivity index (χ2n) is 11.0. The number of hydrogen-bond donors (Lipinski definition) is 9. The van der Waals surface area contributed by atoms with Crippen molar-refractivity contribution >= 4 is 41.5 Å². The molecule has 0 saturated carbocycles. The van der Waals surface area contributed by atoms with E-state index in [0.717, 1.165) is 13.0 Å². The fourth-order valence-electron chi connectivity index (χ4n) is 4.25. The van der Waals surface area contributed by atoms with E-state index >= 15 is 0 Å². The summed E-state index contributed by atoms with van der Waals surface area (Å²) < 4.78 is 0. The molecule has 0 aromatic heterocycles. The summed E-state index contributed by atoms with van der Waals surface area (Å²) in [5.41, 5.74) is 10.6. The second kappa shape index (κ2) is 18.5. The third kappa shape index (κ3) is 14.1. The van der Waals surface area contributed by atoms with E-state index in [1.807, 2.05) is 13.8 Å². The van der Waals surface area contributed by atoms with Gasteiger partial charge in [-0.2, -0.15) is 0 Å². The number of carboxylic acid groups (broad SMARTS) is 1. The summed E-state index contributed by atoms with van der Waals surface area (Å²) >= 11 is 0. The van der Waals surface area contributed by atoms with E-state index in [1.54, 1.807) is 13.8 Å². The second-order valence-corrected chi connectivity index (χ2v) is 11.0. The number of aliphatic imine (C=N–C) groups is 1. The lowest BCUT2D eigenvalue weighted by Gasteiger charge is -2.25. The molecule has 5 amide bonds. The Labute approximate surface area is 245 Å². The van der Waals surface area contributed by atoms with Crippen LogP contribution in [0.25, 0.3) is 0 Å². The van der Waals surface area contributed by atoms with E-state index in [9.17, 15) is 28.8 Å². The minimum absolute atomic E-state index is 0.0977. The highest BCUT2D eigenvalue weighted by molar-refractivity contribution is 5.95. The molecule has 4 atom stereocenters. The molecule has 0 radical (unpaired) electrons. The summed E-state index contributed by atoms with van der Waals surface area (Å²) in [5, 5.41) is 24.6. The number of carbonyl (C=O) groups is 6. The Kier molecular flexibility index (Phi) is 15.9. The lowest BCUT2D eigenvalue weighted by molar-refractivity contribution is -0.138. The number of nitrogens with two attached hydrogens (primary N) is 2. The molecule has 0 aromatic rings. The van der Waals surface area contributed by atoms with Crippen molar-refractivity contribution in [3.05, 3.63) is 0 Å². The van der Waals surface area contributed by atoms with Gasteiger partial charge in [0.25, 0.3) is 0 Å². The Bertz CT molecular complexity index is 977. The highest BCUT2D eigenvalue weighted by Crippen LogP contribution is 2.09. The number of aliphatic carboxylic acids is 1. The number of rotatable bonds is 18. The smallest absolute Gasteiger partial charge is 0.322 e. The van der Waals surface area contributed by atoms with Gasteiger partial charge in [-0.15, -0.1) is 0 Å². The number of guanidine groups is 1. The van der Waals surface area contributed by atoms with E-state index in [2.05, 4.69) is 36.9 Å². The van der Waals surface area contributed by atoms with Crippen LogP contribution in [0.2, 0.25) is 0 Å². The van der Waals surface area contributed by atoms with Gasteiger partial charge >= 0.3 is 5.97 Å². The summed E-state index contributed by atoms with van der Waals surface area (Å²) in [7, 11) is 0. The van der Waals surface area contributed by atoms with Crippen LogP contribution in [0.5, 0.6) is 0 Å². The molecule has 0 aliphatic carbocycles. The van der Waals surface area contributed by atoms with Gasteiger partial charge in [-0.05, 0) is 50.5 Å². The average molecular weight is 598 g/mol. The molecule has 16 nitrogen and oxygen atoms in total. The summed E-state index contributed by atoms with van der Waals surface area (Å²) in [6.07, 6.45) is 2.33. The first-order valence-electron chi connectivity index (χ1n) is 14.2. The molecule has 238 valence electrons. The molecule has 1 fully saturated rings. The molecule has 0 unspecified atom stereocenters. The molecule has 1 rings (SSSR count). The topological polar surface area (TPSA) is 259 Å². The van der Waals surface area contributed by atoms with Gasteiger partial charge in [-0.1, -0.05) is 27.7 Å². The zero-order valence-corrected chi connectivity index (χ0v) is 24.8. The van der Waals surface area contributed by atoms with Crippen molar-refractivity contribution in [2.75, 3.05) is 26.2 Å². The first-order valence-corrected chi connectivity index (χ1v) is 14.2. The number of amides is 5. The molecule has 42 heavy (non-hydrogen) atoms. The van der Waals surface area contributed by atoms with Crippen molar-refractivity contribution in [2.24, 2.45) is 28.3 Å². The molecule has 0 aromatic carbocycles. The monoisotopic (exact) mass is 597 g/mol. The van der Waals surface area contributed by atoms with Crippen LogP contribution in [0.3, 0.4) is 0 Å². The van der Waals surface area contributed by atoms with Crippen molar-refractivity contribution in [1.82, 2.24) is 31.9 Å². The van der Waals surface area contributed by atoms with Crippen LogP contribution < -0.4 is 43.4 Å². The van der Waals surface area contributed by atoms with Gasteiger partial charge in [0.15, 0.2) is 5.96 Å². The first kappa shape index (κ1) is 36.1. The van der Waals surface area contributed by atoms with Crippen molar-refractivity contribution < 1.29 is 33.9 Å². The zero-order valence-electron chi connectivity index (χ0n) is 24.8. The van der Waals surface area contributed by atoms with Crippen LogP contribution in [0, 0.1) is 11.8 Å². The van der Waals surface area contributed by atoms with Crippen LogP contribution in [-0.2, 0) is 28.8 Å². The Hall–Kier alpha value is -3.95. The van der Waals surface area contributed by atoms with Gasteiger partial charge in [0.2, 0.25) is 29.5 Å². The standard InChI is InChI=1S/C26H47N9O7/c1-14(2)11-18(34-24(41)16-7-5-9-29-16)23(40)31-12-19(36)35-21(15(3)4)25(42)33-17(8-6-10-30-26(27)28)22(39)32-13-20(37)38/h14-18,21,29H,5-13H2,1-4H3,(H,31,40)(H,32,39)(H,33,42)(H,34,41)(H,35,36)(H,37,38)(H4,27,28,30)/t16-,17-,18-,21-/m0/s1. The van der Waals surface area contributed by atoms with Crippen molar-refractivity contribution in [1.29, 1.82) is 0 Å². The highest BCUT2D eigenvalue weighted by Gasteiger charge is 2.30. The fraction of sp³-hybridized carbons (Fsp3) is 0.731. The Morgan fingerprint density at radius 2 is 1.55 bits per heavy atom. The predicted molar refractivity (Wildman–Crippen MR) is 155 cm³/mol. The summed E-state index contributed by atoms with van der Waals surface area (Å²) in [6, 6.07) is -3.37. The minimum atomic E-state index is -1.26. The average Bonchev–Trinajstić information content (AvgIpc) is 3.45. The van der Waals surface area contributed by atoms with Crippen LogP contribution in [0.4, 0.5) is 0 Å². The van der Waals surface area contributed by atoms with E-state index in [1.165, 1.54) is 0 Å². The van der Waals surface area contributed by atoms with Crippen LogP contribution in [-0.4, -0.2) is 96.9 Å². The Morgan fingerprint density at radius 1 is 0.905 bits per heavy atom. The third-order valence-corrected chi connectivity index (χ3v) is 6.40. The predicted octanol–water partition coefficient (Wildman–Crippen LogP) is -2.73. The quantitative estimate of drug-likeness (QED) is 0.0447. The molecule has 16 heteroatoms. The van der Waals surface area contributed by atoms with Crippen molar-refractivity contribution in [3.63, 3.8) is 0 Å². The molecule has 1 aliphatic rings. The molecule has 1 saturated heterocycles. The number of nitrogens with zero attached hydrogens (tertiary/aromatic N) is 1. The zero-order chi connectivity index (χ0) is 31.8. The summed E-state index contributed by atoms with van der Waals surface area (Å²) in [6.45, 7) is 7.03. The van der Waals surface area contributed by atoms with Gasteiger partial charge in [0, 0.05) is 6.54 Å². The first-order chi connectivity index (χ1) is 19.7. The SMILES string of the molecule is CC(C)C[C@H](NC(=O)[C@@H]1CCCN1)C(=O)NCC(=O)N[C@H](C(=O)N[C@@H](CCCN=C(N)N)C(=O)NCC(=O)O)C(C)C. The number of carbonyl (C=O) groups excluding carboxylic acids is 5. The number of nitrogens with one attached hydrogen (secondary N) is 6. The highest BCUT2D eigenvalue weighted by atomic mass is 16.4. The van der Waals surface area contributed by atoms with Crippen LogP contribution in [0.15, 0.2) is 4.99 Å². The van der Waals surface area contributed by atoms with Crippen LogP contribution >= 0.6 is 0 Å². The van der Waals surface area contributed by atoms with Crippen LogP contribution in [0.1, 0.15) is 59.8 Å². The normalized spacial score (nSPS) is 16.6. The van der Waals surface area contributed by atoms with Gasteiger partial charge in [-0.3, -0.25) is 33.8 Å². The summed E-state index contributed by atoms with van der Waals surface area (Å²) in [5.74, 6) is -4.52. The van der Waals surface area contributed by atoms with E-state index in [4.69, 9.17) is 16.6 Å². The Balaban J connectivity index is 2.80. The minimum Gasteiger partial charge on any atom is -0.480 e.